The SMILES string of the molecule is Cc1cnc(Nc2ccc(F)cc2Cl)nc1-n1ccc(Cc2cccc(Cl)c2)c1. The molecule has 146 valence electrons. The highest BCUT2D eigenvalue weighted by Crippen LogP contribution is 2.25. The van der Waals surface area contributed by atoms with Crippen molar-refractivity contribution in [3.8, 4) is 5.82 Å². The number of aryl methyl sites for hydroxylation is 1. The predicted octanol–water partition coefficient (Wildman–Crippen LogP) is 6.36. The number of hydrogen-bond donors (Lipinski definition) is 1. The molecule has 0 radical (unpaired) electrons. The molecule has 0 aliphatic carbocycles. The molecule has 4 aromatic rings. The summed E-state index contributed by atoms with van der Waals surface area (Å²) in [5, 5.41) is 4.03. The van der Waals surface area contributed by atoms with Crippen LogP contribution in [0.3, 0.4) is 0 Å². The number of anilines is 2. The Morgan fingerprint density at radius 1 is 1.07 bits per heavy atom. The zero-order chi connectivity index (χ0) is 20.4. The Kier molecular flexibility index (Phi) is 5.51. The molecule has 2 heterocycles. The van der Waals surface area contributed by atoms with Gasteiger partial charge in [0.15, 0.2) is 0 Å². The molecule has 4 rings (SSSR count). The van der Waals surface area contributed by atoms with Crippen LogP contribution in [0.5, 0.6) is 0 Å². The summed E-state index contributed by atoms with van der Waals surface area (Å²) >= 11 is 12.2. The number of nitrogens with zero attached hydrogens (tertiary/aromatic N) is 3. The lowest BCUT2D eigenvalue weighted by atomic mass is 10.1. The molecule has 0 saturated carbocycles. The van der Waals surface area contributed by atoms with E-state index in [2.05, 4.69) is 15.3 Å². The summed E-state index contributed by atoms with van der Waals surface area (Å²) in [4.78, 5) is 8.91. The molecular formula is C22H17Cl2FN4. The first-order valence-electron chi connectivity index (χ1n) is 8.95. The van der Waals surface area contributed by atoms with E-state index >= 15 is 0 Å². The lowest BCUT2D eigenvalue weighted by Crippen LogP contribution is -2.04. The summed E-state index contributed by atoms with van der Waals surface area (Å²) in [6.07, 6.45) is 6.50. The second kappa shape index (κ2) is 8.23. The van der Waals surface area contributed by atoms with Crippen molar-refractivity contribution >= 4 is 34.8 Å². The number of nitrogens with one attached hydrogen (secondary N) is 1. The number of rotatable bonds is 5. The average Bonchev–Trinajstić information content (AvgIpc) is 3.13. The van der Waals surface area contributed by atoms with Crippen LogP contribution < -0.4 is 5.32 Å². The first-order chi connectivity index (χ1) is 14.0. The second-order valence-corrected chi connectivity index (χ2v) is 7.53. The summed E-state index contributed by atoms with van der Waals surface area (Å²) in [5.41, 5.74) is 3.74. The highest BCUT2D eigenvalue weighted by atomic mass is 35.5. The first kappa shape index (κ1) is 19.4. The largest absolute Gasteiger partial charge is 0.323 e. The molecule has 2 aromatic carbocycles. The van der Waals surface area contributed by atoms with Gasteiger partial charge in [-0.1, -0.05) is 35.3 Å². The molecule has 0 spiro atoms. The van der Waals surface area contributed by atoms with Crippen molar-refractivity contribution < 1.29 is 4.39 Å². The van der Waals surface area contributed by atoms with Gasteiger partial charge in [-0.25, -0.2) is 9.37 Å². The third kappa shape index (κ3) is 4.58. The number of halogens is 3. The predicted molar refractivity (Wildman–Crippen MR) is 115 cm³/mol. The van der Waals surface area contributed by atoms with E-state index in [-0.39, 0.29) is 5.02 Å². The summed E-state index contributed by atoms with van der Waals surface area (Å²) in [6, 6.07) is 14.0. The standard InChI is InChI=1S/C22H17Cl2FN4/c1-14-12-26-22(27-20-6-5-18(25)11-19(20)24)28-21(14)29-8-7-16(13-29)9-15-3-2-4-17(23)10-15/h2-8,10-13H,9H2,1H3,(H,26,27,28). The number of aromatic nitrogens is 3. The van der Waals surface area contributed by atoms with Gasteiger partial charge in [-0.2, -0.15) is 4.98 Å². The van der Waals surface area contributed by atoms with Gasteiger partial charge >= 0.3 is 0 Å². The fourth-order valence-corrected chi connectivity index (χ4v) is 3.45. The minimum atomic E-state index is -0.398. The minimum Gasteiger partial charge on any atom is -0.323 e. The van der Waals surface area contributed by atoms with E-state index in [0.717, 1.165) is 34.0 Å². The van der Waals surface area contributed by atoms with Gasteiger partial charge in [0, 0.05) is 29.2 Å². The van der Waals surface area contributed by atoms with Gasteiger partial charge < -0.3 is 9.88 Å². The molecule has 0 bridgehead atoms. The zero-order valence-electron chi connectivity index (χ0n) is 15.5. The van der Waals surface area contributed by atoms with Gasteiger partial charge in [0.2, 0.25) is 5.95 Å². The maximum atomic E-state index is 13.3. The molecule has 0 unspecified atom stereocenters. The second-order valence-electron chi connectivity index (χ2n) is 6.68. The molecule has 2 aromatic heterocycles. The van der Waals surface area contributed by atoms with Crippen molar-refractivity contribution in [2.24, 2.45) is 0 Å². The van der Waals surface area contributed by atoms with Crippen molar-refractivity contribution in [2.45, 2.75) is 13.3 Å². The topological polar surface area (TPSA) is 42.7 Å². The van der Waals surface area contributed by atoms with Gasteiger partial charge in [0.05, 0.1) is 10.7 Å². The fraction of sp³-hybridized carbons (Fsp3) is 0.0909. The molecule has 4 nitrogen and oxygen atoms in total. The molecule has 29 heavy (non-hydrogen) atoms. The van der Waals surface area contributed by atoms with Gasteiger partial charge in [-0.05, 0) is 60.9 Å². The van der Waals surface area contributed by atoms with E-state index in [1.165, 1.54) is 12.1 Å². The minimum absolute atomic E-state index is 0.264. The Morgan fingerprint density at radius 3 is 2.72 bits per heavy atom. The van der Waals surface area contributed by atoms with Crippen LogP contribution in [0.4, 0.5) is 16.0 Å². The van der Waals surface area contributed by atoms with Crippen LogP contribution in [0.25, 0.3) is 5.82 Å². The van der Waals surface area contributed by atoms with Crippen LogP contribution in [0.2, 0.25) is 10.0 Å². The van der Waals surface area contributed by atoms with Gasteiger partial charge in [0.1, 0.15) is 11.6 Å². The summed E-state index contributed by atoms with van der Waals surface area (Å²) in [6.45, 7) is 1.95. The Hall–Kier alpha value is -2.89. The number of hydrogen-bond acceptors (Lipinski definition) is 3. The molecule has 0 atom stereocenters. The van der Waals surface area contributed by atoms with E-state index < -0.39 is 5.82 Å². The molecule has 0 fully saturated rings. The van der Waals surface area contributed by atoms with Crippen molar-refractivity contribution in [3.05, 3.63) is 99.7 Å². The van der Waals surface area contributed by atoms with Gasteiger partial charge in [-0.15, -0.1) is 0 Å². The summed E-state index contributed by atoms with van der Waals surface area (Å²) in [5.74, 6) is 0.730. The Balaban J connectivity index is 1.58. The molecule has 7 heteroatoms. The van der Waals surface area contributed by atoms with Gasteiger partial charge in [-0.3, -0.25) is 0 Å². The van der Waals surface area contributed by atoms with Crippen LogP contribution in [0.1, 0.15) is 16.7 Å². The van der Waals surface area contributed by atoms with Crippen molar-refractivity contribution in [1.29, 1.82) is 0 Å². The van der Waals surface area contributed by atoms with Crippen LogP contribution in [0.15, 0.2) is 67.1 Å². The van der Waals surface area contributed by atoms with Gasteiger partial charge in [0.25, 0.3) is 0 Å². The monoisotopic (exact) mass is 426 g/mol. The molecule has 0 saturated heterocycles. The molecule has 0 amide bonds. The normalized spacial score (nSPS) is 10.9. The van der Waals surface area contributed by atoms with Crippen LogP contribution in [-0.4, -0.2) is 14.5 Å². The summed E-state index contributed by atoms with van der Waals surface area (Å²) < 4.78 is 15.2. The maximum Gasteiger partial charge on any atom is 0.229 e. The fourth-order valence-electron chi connectivity index (χ4n) is 3.03. The molecule has 1 N–H and O–H groups in total. The van der Waals surface area contributed by atoms with E-state index in [4.69, 9.17) is 23.2 Å². The van der Waals surface area contributed by atoms with E-state index in [0.29, 0.717) is 11.6 Å². The lowest BCUT2D eigenvalue weighted by molar-refractivity contribution is 0.628. The number of benzene rings is 2. The average molecular weight is 427 g/mol. The van der Waals surface area contributed by atoms with Crippen LogP contribution in [-0.2, 0) is 6.42 Å². The van der Waals surface area contributed by atoms with Crippen molar-refractivity contribution in [2.75, 3.05) is 5.32 Å². The smallest absolute Gasteiger partial charge is 0.229 e. The molecule has 0 aliphatic heterocycles. The Bertz CT molecular complexity index is 1170. The Morgan fingerprint density at radius 2 is 1.93 bits per heavy atom. The van der Waals surface area contributed by atoms with E-state index in [1.807, 2.05) is 54.2 Å². The molecular weight excluding hydrogens is 410 g/mol. The molecule has 0 aliphatic rings. The van der Waals surface area contributed by atoms with Crippen molar-refractivity contribution in [1.82, 2.24) is 14.5 Å². The highest BCUT2D eigenvalue weighted by molar-refractivity contribution is 6.33. The quantitative estimate of drug-likeness (QED) is 0.403. The lowest BCUT2D eigenvalue weighted by Gasteiger charge is -2.11. The van der Waals surface area contributed by atoms with Crippen LogP contribution >= 0.6 is 23.2 Å². The first-order valence-corrected chi connectivity index (χ1v) is 9.71. The summed E-state index contributed by atoms with van der Waals surface area (Å²) in [7, 11) is 0. The maximum absolute atomic E-state index is 13.3. The zero-order valence-corrected chi connectivity index (χ0v) is 17.0. The third-order valence-corrected chi connectivity index (χ3v) is 4.97. The van der Waals surface area contributed by atoms with E-state index in [9.17, 15) is 4.39 Å². The highest BCUT2D eigenvalue weighted by Gasteiger charge is 2.10. The van der Waals surface area contributed by atoms with Crippen molar-refractivity contribution in [3.63, 3.8) is 0 Å². The van der Waals surface area contributed by atoms with E-state index in [1.54, 1.807) is 12.3 Å². The third-order valence-electron chi connectivity index (χ3n) is 4.42. The Labute approximate surface area is 178 Å². The van der Waals surface area contributed by atoms with Crippen LogP contribution in [0, 0.1) is 12.7 Å².